The van der Waals surface area contributed by atoms with E-state index in [1.807, 2.05) is 38.2 Å². The van der Waals surface area contributed by atoms with Crippen LogP contribution in [-0.2, 0) is 19.2 Å². The predicted octanol–water partition coefficient (Wildman–Crippen LogP) is 6.99. The summed E-state index contributed by atoms with van der Waals surface area (Å²) in [4.78, 5) is 50.2. The van der Waals surface area contributed by atoms with E-state index in [9.17, 15) is 19.2 Å². The summed E-state index contributed by atoms with van der Waals surface area (Å²) in [5.74, 6) is 0.751. The predicted molar refractivity (Wildman–Crippen MR) is 158 cm³/mol. The van der Waals surface area contributed by atoms with Crippen molar-refractivity contribution in [1.29, 1.82) is 0 Å². The third-order valence-electron chi connectivity index (χ3n) is 10.9. The summed E-state index contributed by atoms with van der Waals surface area (Å²) >= 11 is 0. The molecular formula is C36H44O4. The lowest BCUT2D eigenvalue weighted by Gasteiger charge is -2.48. The number of ketones is 4. The van der Waals surface area contributed by atoms with E-state index in [2.05, 4.69) is 53.7 Å². The van der Waals surface area contributed by atoms with Gasteiger partial charge in [0.15, 0.2) is 23.1 Å². The standard InChI is InChI=1S/2C18H22O2/c2*1-10-5-6-12-11(2)9-13-16(15(12)17(10)20)14(19)7-8-18(13,3)4/h2*5,7-9,12-13,15-16H,6H2,1-4H3/t2*12-,13-,15+,16-/m11/s1. The summed E-state index contributed by atoms with van der Waals surface area (Å²) in [5, 5.41) is 0. The van der Waals surface area contributed by atoms with Crippen molar-refractivity contribution in [2.24, 2.45) is 58.2 Å². The Kier molecular flexibility index (Phi) is 7.08. The zero-order valence-corrected chi connectivity index (χ0v) is 25.3. The molecule has 0 N–H and O–H groups in total. The number of hydrogen-bond acceptors (Lipinski definition) is 4. The lowest BCUT2D eigenvalue weighted by molar-refractivity contribution is -0.134. The van der Waals surface area contributed by atoms with E-state index in [0.717, 1.165) is 24.0 Å². The Morgan fingerprint density at radius 2 is 0.925 bits per heavy atom. The lowest BCUT2D eigenvalue weighted by atomic mass is 9.54. The fourth-order valence-corrected chi connectivity index (χ4v) is 8.33. The van der Waals surface area contributed by atoms with Crippen molar-refractivity contribution in [3.8, 4) is 0 Å². The van der Waals surface area contributed by atoms with E-state index >= 15 is 0 Å². The van der Waals surface area contributed by atoms with Gasteiger partial charge in [0.25, 0.3) is 0 Å². The molecular weight excluding hydrogens is 496 g/mol. The van der Waals surface area contributed by atoms with E-state index in [1.54, 1.807) is 12.2 Å². The van der Waals surface area contributed by atoms with Gasteiger partial charge in [-0.15, -0.1) is 0 Å². The molecule has 6 aliphatic rings. The first-order chi connectivity index (χ1) is 18.7. The van der Waals surface area contributed by atoms with Crippen LogP contribution in [0.25, 0.3) is 0 Å². The molecule has 0 saturated heterocycles. The molecule has 4 heteroatoms. The molecule has 0 saturated carbocycles. The van der Waals surface area contributed by atoms with Crippen molar-refractivity contribution in [3.63, 3.8) is 0 Å². The highest BCUT2D eigenvalue weighted by atomic mass is 16.1. The number of carbonyl (C=O) groups is 4. The first kappa shape index (κ1) is 28.6. The highest BCUT2D eigenvalue weighted by Crippen LogP contribution is 2.53. The summed E-state index contributed by atoms with van der Waals surface area (Å²) in [5.41, 5.74) is 4.12. The Labute approximate surface area is 239 Å². The van der Waals surface area contributed by atoms with Gasteiger partial charge in [0.1, 0.15) is 0 Å². The third-order valence-corrected chi connectivity index (χ3v) is 10.9. The van der Waals surface area contributed by atoms with Crippen molar-refractivity contribution >= 4 is 23.1 Å². The van der Waals surface area contributed by atoms with Crippen LogP contribution < -0.4 is 0 Å². The van der Waals surface area contributed by atoms with Crippen molar-refractivity contribution in [1.82, 2.24) is 0 Å². The Hall–Kier alpha value is -2.88. The van der Waals surface area contributed by atoms with Crippen LogP contribution >= 0.6 is 0 Å². The molecule has 6 aliphatic carbocycles. The molecule has 0 amide bonds. The van der Waals surface area contributed by atoms with Crippen LogP contribution in [0.4, 0.5) is 0 Å². The molecule has 0 aromatic carbocycles. The smallest absolute Gasteiger partial charge is 0.162 e. The largest absolute Gasteiger partial charge is 0.295 e. The zero-order chi connectivity index (χ0) is 29.3. The van der Waals surface area contributed by atoms with Crippen LogP contribution in [0.3, 0.4) is 0 Å². The molecule has 0 spiro atoms. The monoisotopic (exact) mass is 540 g/mol. The van der Waals surface area contributed by atoms with Crippen LogP contribution in [0.2, 0.25) is 0 Å². The van der Waals surface area contributed by atoms with Crippen molar-refractivity contribution in [2.75, 3.05) is 0 Å². The van der Waals surface area contributed by atoms with Crippen molar-refractivity contribution < 1.29 is 19.2 Å². The topological polar surface area (TPSA) is 68.3 Å². The normalized spacial score (nSPS) is 38.8. The van der Waals surface area contributed by atoms with Gasteiger partial charge < -0.3 is 0 Å². The van der Waals surface area contributed by atoms with Gasteiger partial charge >= 0.3 is 0 Å². The second-order valence-electron chi connectivity index (χ2n) is 14.3. The van der Waals surface area contributed by atoms with Gasteiger partial charge in [-0.1, -0.05) is 75.3 Å². The van der Waals surface area contributed by atoms with E-state index in [1.165, 1.54) is 11.1 Å². The maximum Gasteiger partial charge on any atom is 0.162 e. The summed E-state index contributed by atoms with van der Waals surface area (Å²) in [6, 6.07) is 0. The average molecular weight is 541 g/mol. The number of Topliss-reactive ketones (excluding diaryl/α,β-unsaturated/α-hetero) is 2. The zero-order valence-electron chi connectivity index (χ0n) is 25.3. The second-order valence-corrected chi connectivity index (χ2v) is 14.3. The van der Waals surface area contributed by atoms with Gasteiger partial charge in [-0.2, -0.15) is 0 Å². The highest BCUT2D eigenvalue weighted by molar-refractivity contribution is 6.05. The second kappa shape index (κ2) is 9.89. The Balaban J connectivity index is 0.000000161. The number of rotatable bonds is 0. The van der Waals surface area contributed by atoms with Gasteiger partial charge in [0.05, 0.1) is 0 Å². The van der Waals surface area contributed by atoms with Gasteiger partial charge in [0, 0.05) is 23.7 Å². The molecule has 212 valence electrons. The van der Waals surface area contributed by atoms with Crippen molar-refractivity contribution in [3.05, 3.63) is 70.9 Å². The number of allylic oxidation sites excluding steroid dienone is 12. The first-order valence-electron chi connectivity index (χ1n) is 14.9. The van der Waals surface area contributed by atoms with Gasteiger partial charge in [0.2, 0.25) is 0 Å². The molecule has 0 fully saturated rings. The maximum atomic E-state index is 12.6. The maximum absolute atomic E-state index is 12.6. The minimum atomic E-state index is -0.167. The highest BCUT2D eigenvalue weighted by Gasteiger charge is 2.53. The average Bonchev–Trinajstić information content (AvgIpc) is 2.89. The van der Waals surface area contributed by atoms with E-state index in [4.69, 9.17) is 0 Å². The third kappa shape index (κ3) is 4.52. The molecule has 40 heavy (non-hydrogen) atoms. The van der Waals surface area contributed by atoms with Gasteiger partial charge in [-0.3, -0.25) is 19.2 Å². The molecule has 8 atom stereocenters. The van der Waals surface area contributed by atoms with Crippen LogP contribution in [0.15, 0.2) is 70.9 Å². The van der Waals surface area contributed by atoms with Crippen LogP contribution in [0.5, 0.6) is 0 Å². The van der Waals surface area contributed by atoms with Gasteiger partial charge in [-0.05, 0) is 98.3 Å². The molecule has 0 aromatic heterocycles. The lowest BCUT2D eigenvalue weighted by Crippen LogP contribution is -2.49. The fraction of sp³-hybridized carbons (Fsp3) is 0.556. The van der Waals surface area contributed by atoms with Crippen LogP contribution in [-0.4, -0.2) is 23.1 Å². The summed E-state index contributed by atoms with van der Waals surface area (Å²) in [6.45, 7) is 16.6. The number of carbonyl (C=O) groups excluding carboxylic acids is 4. The van der Waals surface area contributed by atoms with Crippen LogP contribution in [0.1, 0.15) is 68.2 Å². The summed E-state index contributed by atoms with van der Waals surface area (Å²) < 4.78 is 0. The number of fused-ring (bicyclic) bond motifs is 6. The molecule has 0 bridgehead atoms. The van der Waals surface area contributed by atoms with Gasteiger partial charge in [-0.25, -0.2) is 0 Å². The first-order valence-corrected chi connectivity index (χ1v) is 14.9. The molecule has 4 nitrogen and oxygen atoms in total. The molecule has 0 aliphatic heterocycles. The Bertz CT molecular complexity index is 1250. The fourth-order valence-electron chi connectivity index (χ4n) is 8.33. The SMILES string of the molecule is CC1=CC[C@@H]2C(C)=C[C@@H]3[C@H](C(=O)C=CC3(C)C)[C@H]2C1=O.CC1=CC[C@@H]2C(C)=C[C@@H]3[C@H](C(=O)C=CC3(C)C)[C@H]2C1=O. The molecule has 0 aromatic rings. The molecule has 0 heterocycles. The number of hydrogen-bond donors (Lipinski definition) is 0. The van der Waals surface area contributed by atoms with E-state index in [-0.39, 0.29) is 81.3 Å². The minimum absolute atomic E-state index is 0.0554. The minimum Gasteiger partial charge on any atom is -0.295 e. The quantitative estimate of drug-likeness (QED) is 0.311. The van der Waals surface area contributed by atoms with Crippen LogP contribution in [0, 0.1) is 58.2 Å². The Morgan fingerprint density at radius 1 is 0.575 bits per heavy atom. The molecule has 0 unspecified atom stereocenters. The van der Waals surface area contributed by atoms with E-state index < -0.39 is 0 Å². The molecule has 0 radical (unpaired) electrons. The summed E-state index contributed by atoms with van der Waals surface area (Å²) in [6.07, 6.45) is 17.8. The van der Waals surface area contributed by atoms with E-state index in [0.29, 0.717) is 0 Å². The molecule has 6 rings (SSSR count). The summed E-state index contributed by atoms with van der Waals surface area (Å²) in [7, 11) is 0. The Morgan fingerprint density at radius 3 is 1.27 bits per heavy atom. The van der Waals surface area contributed by atoms with Crippen molar-refractivity contribution in [2.45, 2.75) is 68.2 Å².